The Balaban J connectivity index is 4.49. The molecule has 0 bridgehead atoms. The zero-order valence-corrected chi connectivity index (χ0v) is 8.81. The zero-order chi connectivity index (χ0) is 11.3. The van der Waals surface area contributed by atoms with Gasteiger partial charge in [0.1, 0.15) is 0 Å². The van der Waals surface area contributed by atoms with Crippen LogP contribution in [0.1, 0.15) is 13.8 Å². The first-order valence-corrected chi connectivity index (χ1v) is 4.18. The summed E-state index contributed by atoms with van der Waals surface area (Å²) in [6.45, 7) is 3.49. The maximum atomic E-state index is 11.5. The number of amides is 2. The van der Waals surface area contributed by atoms with Gasteiger partial charge in [0.15, 0.2) is 6.10 Å². The first-order valence-electron chi connectivity index (χ1n) is 4.18. The molecule has 0 aromatic heterocycles. The molecule has 0 rings (SSSR count). The van der Waals surface area contributed by atoms with E-state index >= 15 is 0 Å². The molecule has 6 heteroatoms. The van der Waals surface area contributed by atoms with E-state index in [0.717, 1.165) is 5.06 Å². The lowest BCUT2D eigenvalue weighted by Gasteiger charge is -2.23. The van der Waals surface area contributed by atoms with Crippen molar-refractivity contribution in [2.24, 2.45) is 11.7 Å². The summed E-state index contributed by atoms with van der Waals surface area (Å²) in [6.07, 6.45) is -1.88. The van der Waals surface area contributed by atoms with Gasteiger partial charge in [-0.2, -0.15) is 0 Å². The second-order valence-corrected chi connectivity index (χ2v) is 3.12. The second-order valence-electron chi connectivity index (χ2n) is 3.12. The summed E-state index contributed by atoms with van der Waals surface area (Å²) in [5, 5.41) is 0.994. The van der Waals surface area contributed by atoms with Crippen molar-refractivity contribution in [3.8, 4) is 0 Å². The number of hydrogen-bond acceptors (Lipinski definition) is 4. The Morgan fingerprint density at radius 3 is 2.14 bits per heavy atom. The van der Waals surface area contributed by atoms with Crippen LogP contribution in [0, 0.1) is 5.92 Å². The largest absolute Gasteiger partial charge is 0.436 e. The fraction of sp³-hybridized carbons (Fsp3) is 0.750. The molecule has 0 spiro atoms. The van der Waals surface area contributed by atoms with Gasteiger partial charge in [-0.25, -0.2) is 9.86 Å². The lowest BCUT2D eigenvalue weighted by Crippen LogP contribution is -2.42. The van der Waals surface area contributed by atoms with E-state index in [2.05, 4.69) is 9.57 Å². The number of carbonyl (C=O) groups is 2. The average Bonchev–Trinajstić information content (AvgIpc) is 2.11. The van der Waals surface area contributed by atoms with Crippen LogP contribution >= 0.6 is 0 Å². The Labute approximate surface area is 82.9 Å². The van der Waals surface area contributed by atoms with Crippen molar-refractivity contribution in [3.63, 3.8) is 0 Å². The van der Waals surface area contributed by atoms with Crippen molar-refractivity contribution < 1.29 is 19.2 Å². The monoisotopic (exact) mass is 204 g/mol. The molecule has 82 valence electrons. The fourth-order valence-corrected chi connectivity index (χ4v) is 0.866. The van der Waals surface area contributed by atoms with Gasteiger partial charge >= 0.3 is 6.09 Å². The molecule has 0 saturated carbocycles. The SMILES string of the molecule is CON(C)C(=O)C(OC(N)=O)C(C)C. The van der Waals surface area contributed by atoms with Crippen LogP contribution in [0.5, 0.6) is 0 Å². The maximum absolute atomic E-state index is 11.5. The van der Waals surface area contributed by atoms with Gasteiger partial charge in [0.25, 0.3) is 5.91 Å². The van der Waals surface area contributed by atoms with E-state index in [0.29, 0.717) is 0 Å². The second kappa shape index (κ2) is 5.43. The van der Waals surface area contributed by atoms with Crippen molar-refractivity contribution in [2.45, 2.75) is 20.0 Å². The molecule has 0 saturated heterocycles. The van der Waals surface area contributed by atoms with Gasteiger partial charge in [-0.15, -0.1) is 0 Å². The minimum atomic E-state index is -0.971. The van der Waals surface area contributed by atoms with E-state index in [-0.39, 0.29) is 5.92 Å². The maximum Gasteiger partial charge on any atom is 0.405 e. The molecular weight excluding hydrogens is 188 g/mol. The Morgan fingerprint density at radius 2 is 1.86 bits per heavy atom. The molecule has 0 heterocycles. The van der Waals surface area contributed by atoms with E-state index < -0.39 is 18.1 Å². The van der Waals surface area contributed by atoms with Gasteiger partial charge in [-0.3, -0.25) is 9.63 Å². The van der Waals surface area contributed by atoms with Crippen molar-refractivity contribution in [1.29, 1.82) is 0 Å². The Morgan fingerprint density at radius 1 is 1.36 bits per heavy atom. The number of hydroxylamine groups is 2. The number of nitrogens with two attached hydrogens (primary N) is 1. The van der Waals surface area contributed by atoms with Crippen molar-refractivity contribution in [3.05, 3.63) is 0 Å². The Kier molecular flexibility index (Phi) is 4.93. The Bertz CT molecular complexity index is 217. The zero-order valence-electron chi connectivity index (χ0n) is 8.81. The van der Waals surface area contributed by atoms with Gasteiger partial charge in [0.2, 0.25) is 0 Å². The molecule has 0 aromatic carbocycles. The topological polar surface area (TPSA) is 81.9 Å². The highest BCUT2D eigenvalue weighted by Gasteiger charge is 2.28. The predicted molar refractivity (Wildman–Crippen MR) is 49.1 cm³/mol. The Hall–Kier alpha value is -1.30. The predicted octanol–water partition coefficient (Wildman–Crippen LogP) is 0.126. The highest BCUT2D eigenvalue weighted by molar-refractivity contribution is 5.82. The van der Waals surface area contributed by atoms with Gasteiger partial charge < -0.3 is 10.5 Å². The summed E-state index contributed by atoms with van der Waals surface area (Å²) in [6, 6.07) is 0. The lowest BCUT2D eigenvalue weighted by atomic mass is 10.1. The van der Waals surface area contributed by atoms with Crippen LogP contribution in [0.25, 0.3) is 0 Å². The van der Waals surface area contributed by atoms with E-state index in [1.165, 1.54) is 14.2 Å². The summed E-state index contributed by atoms with van der Waals surface area (Å²) in [4.78, 5) is 26.7. The van der Waals surface area contributed by atoms with Crippen molar-refractivity contribution in [1.82, 2.24) is 5.06 Å². The minimum absolute atomic E-state index is 0.160. The third kappa shape index (κ3) is 3.61. The molecule has 1 unspecified atom stereocenters. The summed E-state index contributed by atoms with van der Waals surface area (Å²) >= 11 is 0. The number of nitrogens with zero attached hydrogens (tertiary/aromatic N) is 1. The number of primary amides is 1. The minimum Gasteiger partial charge on any atom is -0.436 e. The van der Waals surface area contributed by atoms with Crippen LogP contribution in [-0.4, -0.2) is 37.3 Å². The molecule has 0 aliphatic rings. The summed E-state index contributed by atoms with van der Waals surface area (Å²) in [7, 11) is 2.78. The average molecular weight is 204 g/mol. The van der Waals surface area contributed by atoms with Gasteiger partial charge in [-0.05, 0) is 5.92 Å². The molecule has 0 aliphatic carbocycles. The molecule has 1 atom stereocenters. The van der Waals surface area contributed by atoms with Crippen molar-refractivity contribution >= 4 is 12.0 Å². The molecule has 0 radical (unpaired) electrons. The lowest BCUT2D eigenvalue weighted by molar-refractivity contribution is -0.179. The molecule has 0 aromatic rings. The molecule has 6 nitrogen and oxygen atoms in total. The number of carbonyl (C=O) groups excluding carboxylic acids is 2. The number of rotatable bonds is 4. The molecule has 2 amide bonds. The third-order valence-electron chi connectivity index (χ3n) is 1.68. The molecule has 2 N–H and O–H groups in total. The summed E-state index contributed by atoms with van der Waals surface area (Å²) in [5.74, 6) is -0.603. The van der Waals surface area contributed by atoms with Crippen LogP contribution in [0.2, 0.25) is 0 Å². The smallest absolute Gasteiger partial charge is 0.405 e. The standard InChI is InChI=1S/C8H16N2O4/c1-5(2)6(14-8(9)12)7(11)10(3)13-4/h5-6H,1-4H3,(H2,9,12). The van der Waals surface area contributed by atoms with Crippen LogP contribution in [0.3, 0.4) is 0 Å². The first-order chi connectivity index (χ1) is 6.40. The molecular formula is C8H16N2O4. The molecule has 0 fully saturated rings. The van der Waals surface area contributed by atoms with Gasteiger partial charge in [0.05, 0.1) is 7.11 Å². The number of likely N-dealkylation sites (N-methyl/N-ethyl adjacent to an activating group) is 1. The van der Waals surface area contributed by atoms with Gasteiger partial charge in [-0.1, -0.05) is 13.8 Å². The van der Waals surface area contributed by atoms with Crippen LogP contribution < -0.4 is 5.73 Å². The highest BCUT2D eigenvalue weighted by atomic mass is 16.7. The van der Waals surface area contributed by atoms with Crippen LogP contribution in [-0.2, 0) is 14.4 Å². The normalized spacial score (nSPS) is 12.4. The quantitative estimate of drug-likeness (QED) is 0.660. The molecule has 0 aliphatic heterocycles. The summed E-state index contributed by atoms with van der Waals surface area (Å²) < 4.78 is 4.66. The number of hydrogen-bond donors (Lipinski definition) is 1. The fourth-order valence-electron chi connectivity index (χ4n) is 0.866. The third-order valence-corrected chi connectivity index (χ3v) is 1.68. The van der Waals surface area contributed by atoms with E-state index in [9.17, 15) is 9.59 Å². The molecule has 14 heavy (non-hydrogen) atoms. The van der Waals surface area contributed by atoms with Crippen LogP contribution in [0.15, 0.2) is 0 Å². The van der Waals surface area contributed by atoms with E-state index in [1.54, 1.807) is 13.8 Å². The number of ether oxygens (including phenoxy) is 1. The first kappa shape index (κ1) is 12.7. The van der Waals surface area contributed by atoms with E-state index in [1.807, 2.05) is 0 Å². The van der Waals surface area contributed by atoms with E-state index in [4.69, 9.17) is 5.73 Å². The van der Waals surface area contributed by atoms with Crippen molar-refractivity contribution in [2.75, 3.05) is 14.2 Å². The van der Waals surface area contributed by atoms with Gasteiger partial charge in [0, 0.05) is 7.05 Å². The highest BCUT2D eigenvalue weighted by Crippen LogP contribution is 2.09. The van der Waals surface area contributed by atoms with Crippen LogP contribution in [0.4, 0.5) is 4.79 Å². The summed E-state index contributed by atoms with van der Waals surface area (Å²) in [5.41, 5.74) is 4.84.